The van der Waals surface area contributed by atoms with Gasteiger partial charge >= 0.3 is 0 Å². The van der Waals surface area contributed by atoms with Gasteiger partial charge in [-0.05, 0) is 38.0 Å². The van der Waals surface area contributed by atoms with Crippen molar-refractivity contribution in [2.45, 2.75) is 27.3 Å². The van der Waals surface area contributed by atoms with Gasteiger partial charge in [0.2, 0.25) is 0 Å². The fourth-order valence-corrected chi connectivity index (χ4v) is 2.21. The highest BCUT2D eigenvalue weighted by Crippen LogP contribution is 2.14. The van der Waals surface area contributed by atoms with Gasteiger partial charge in [0.15, 0.2) is 5.82 Å². The molecular weight excluding hydrogens is 280 g/mol. The molecule has 0 radical (unpaired) electrons. The second-order valence-corrected chi connectivity index (χ2v) is 5.29. The van der Waals surface area contributed by atoms with Crippen LogP contribution in [0.4, 0.5) is 0 Å². The van der Waals surface area contributed by atoms with E-state index in [0.29, 0.717) is 24.0 Å². The summed E-state index contributed by atoms with van der Waals surface area (Å²) >= 11 is 0. The molecule has 0 aliphatic heterocycles. The Hall–Kier alpha value is -2.76. The van der Waals surface area contributed by atoms with E-state index in [2.05, 4.69) is 21.3 Å². The molecule has 0 unspecified atom stereocenters. The maximum atomic E-state index is 12.0. The molecule has 0 saturated heterocycles. The van der Waals surface area contributed by atoms with E-state index in [1.807, 2.05) is 26.0 Å². The molecule has 1 aromatic carbocycles. The summed E-state index contributed by atoms with van der Waals surface area (Å²) in [7, 11) is 0. The Balaban J connectivity index is 2.00. The zero-order valence-corrected chi connectivity index (χ0v) is 12.7. The predicted octanol–water partition coefficient (Wildman–Crippen LogP) is 2.27. The lowest BCUT2D eigenvalue weighted by Crippen LogP contribution is -2.23. The monoisotopic (exact) mass is 296 g/mol. The van der Waals surface area contributed by atoms with Crippen LogP contribution in [0, 0.1) is 20.8 Å². The second kappa shape index (κ2) is 5.55. The van der Waals surface area contributed by atoms with Crippen molar-refractivity contribution in [2.75, 3.05) is 0 Å². The van der Waals surface area contributed by atoms with Crippen LogP contribution in [-0.2, 0) is 6.54 Å². The van der Waals surface area contributed by atoms with E-state index < -0.39 is 0 Å². The van der Waals surface area contributed by atoms with Gasteiger partial charge in [-0.25, -0.2) is 4.68 Å². The SMILES string of the molecule is Cc1ccc(C)c(Cn2nc(-c3nc(C)no3)ccc2=O)c1. The van der Waals surface area contributed by atoms with Gasteiger partial charge in [-0.3, -0.25) is 4.79 Å². The van der Waals surface area contributed by atoms with Crippen LogP contribution in [0.3, 0.4) is 0 Å². The minimum atomic E-state index is -0.166. The number of hydrogen-bond donors (Lipinski definition) is 0. The number of aromatic nitrogens is 4. The third-order valence-corrected chi connectivity index (χ3v) is 3.44. The number of hydrogen-bond acceptors (Lipinski definition) is 5. The van der Waals surface area contributed by atoms with E-state index in [-0.39, 0.29) is 5.56 Å². The molecule has 0 spiro atoms. The first-order valence-electron chi connectivity index (χ1n) is 6.98. The molecule has 0 aliphatic rings. The Morgan fingerprint density at radius 2 is 1.95 bits per heavy atom. The third kappa shape index (κ3) is 2.81. The molecule has 0 bridgehead atoms. The van der Waals surface area contributed by atoms with Crippen LogP contribution >= 0.6 is 0 Å². The fourth-order valence-electron chi connectivity index (χ4n) is 2.21. The average Bonchev–Trinajstić information content (AvgIpc) is 2.92. The summed E-state index contributed by atoms with van der Waals surface area (Å²) < 4.78 is 6.51. The van der Waals surface area contributed by atoms with Gasteiger partial charge in [0, 0.05) is 6.07 Å². The molecule has 0 amide bonds. The fraction of sp³-hybridized carbons (Fsp3) is 0.250. The minimum Gasteiger partial charge on any atom is -0.332 e. The van der Waals surface area contributed by atoms with Crippen molar-refractivity contribution >= 4 is 0 Å². The van der Waals surface area contributed by atoms with Gasteiger partial charge in [-0.2, -0.15) is 10.1 Å². The molecule has 0 atom stereocenters. The smallest absolute Gasteiger partial charge is 0.278 e. The lowest BCUT2D eigenvalue weighted by atomic mass is 10.1. The topological polar surface area (TPSA) is 73.8 Å². The van der Waals surface area contributed by atoms with Gasteiger partial charge in [-0.1, -0.05) is 28.9 Å². The predicted molar refractivity (Wildman–Crippen MR) is 81.5 cm³/mol. The van der Waals surface area contributed by atoms with Crippen molar-refractivity contribution in [3.05, 3.63) is 63.2 Å². The molecule has 2 aromatic heterocycles. The highest BCUT2D eigenvalue weighted by Gasteiger charge is 2.11. The van der Waals surface area contributed by atoms with Crippen LogP contribution < -0.4 is 5.56 Å². The summed E-state index contributed by atoms with van der Waals surface area (Å²) in [5.41, 5.74) is 3.66. The first-order chi connectivity index (χ1) is 10.5. The highest BCUT2D eigenvalue weighted by molar-refractivity contribution is 5.44. The zero-order chi connectivity index (χ0) is 15.7. The van der Waals surface area contributed by atoms with Crippen molar-refractivity contribution in [1.82, 2.24) is 19.9 Å². The van der Waals surface area contributed by atoms with E-state index in [1.54, 1.807) is 13.0 Å². The van der Waals surface area contributed by atoms with Gasteiger partial charge < -0.3 is 4.52 Å². The van der Waals surface area contributed by atoms with Crippen molar-refractivity contribution in [1.29, 1.82) is 0 Å². The minimum absolute atomic E-state index is 0.166. The number of aryl methyl sites for hydroxylation is 3. The maximum absolute atomic E-state index is 12.0. The molecule has 0 aliphatic carbocycles. The highest BCUT2D eigenvalue weighted by atomic mass is 16.5. The molecule has 0 N–H and O–H groups in total. The summed E-state index contributed by atoms with van der Waals surface area (Å²) in [6, 6.07) is 9.21. The van der Waals surface area contributed by atoms with Crippen LogP contribution in [0.5, 0.6) is 0 Å². The molecule has 2 heterocycles. The van der Waals surface area contributed by atoms with E-state index in [9.17, 15) is 4.79 Å². The average molecular weight is 296 g/mol. The Labute approximate surface area is 127 Å². The molecular formula is C16H16N4O2. The van der Waals surface area contributed by atoms with Crippen LogP contribution in [0.1, 0.15) is 22.5 Å². The standard InChI is InChI=1S/C16H16N4O2/c1-10-4-5-11(2)13(8-10)9-20-15(21)7-6-14(18-20)16-17-12(3)19-22-16/h4-8H,9H2,1-3H3. The molecule has 22 heavy (non-hydrogen) atoms. The molecule has 112 valence electrons. The molecule has 0 fully saturated rings. The van der Waals surface area contributed by atoms with E-state index >= 15 is 0 Å². The molecule has 3 rings (SSSR count). The van der Waals surface area contributed by atoms with Crippen LogP contribution in [0.2, 0.25) is 0 Å². The lowest BCUT2D eigenvalue weighted by Gasteiger charge is -2.09. The summed E-state index contributed by atoms with van der Waals surface area (Å²) in [5, 5.41) is 8.07. The van der Waals surface area contributed by atoms with Gasteiger partial charge in [0.1, 0.15) is 5.69 Å². The Kier molecular flexibility index (Phi) is 3.58. The van der Waals surface area contributed by atoms with Gasteiger partial charge in [0.25, 0.3) is 11.4 Å². The van der Waals surface area contributed by atoms with E-state index in [1.165, 1.54) is 10.7 Å². The van der Waals surface area contributed by atoms with Crippen molar-refractivity contribution in [3.8, 4) is 11.6 Å². The lowest BCUT2D eigenvalue weighted by molar-refractivity contribution is 0.422. The summed E-state index contributed by atoms with van der Waals surface area (Å²) in [4.78, 5) is 16.2. The van der Waals surface area contributed by atoms with Gasteiger partial charge in [0.05, 0.1) is 6.54 Å². The summed E-state index contributed by atoms with van der Waals surface area (Å²) in [6.45, 7) is 6.19. The molecule has 6 heteroatoms. The Bertz CT molecular complexity index is 880. The van der Waals surface area contributed by atoms with Crippen LogP contribution in [0.25, 0.3) is 11.6 Å². The normalized spacial score (nSPS) is 10.9. The number of rotatable bonds is 3. The Morgan fingerprint density at radius 1 is 1.14 bits per heavy atom. The van der Waals surface area contributed by atoms with Crippen molar-refractivity contribution in [2.24, 2.45) is 0 Å². The zero-order valence-electron chi connectivity index (χ0n) is 12.7. The van der Waals surface area contributed by atoms with Crippen LogP contribution in [-0.4, -0.2) is 19.9 Å². The quantitative estimate of drug-likeness (QED) is 0.741. The summed E-state index contributed by atoms with van der Waals surface area (Å²) in [5.74, 6) is 0.844. The molecule has 6 nitrogen and oxygen atoms in total. The number of nitrogens with zero attached hydrogens (tertiary/aromatic N) is 4. The molecule has 3 aromatic rings. The number of benzene rings is 1. The van der Waals surface area contributed by atoms with Crippen molar-refractivity contribution < 1.29 is 4.52 Å². The van der Waals surface area contributed by atoms with E-state index in [4.69, 9.17) is 4.52 Å². The maximum Gasteiger partial charge on any atom is 0.278 e. The van der Waals surface area contributed by atoms with E-state index in [0.717, 1.165) is 16.7 Å². The molecule has 0 saturated carbocycles. The summed E-state index contributed by atoms with van der Waals surface area (Å²) in [6.07, 6.45) is 0. The largest absolute Gasteiger partial charge is 0.332 e. The van der Waals surface area contributed by atoms with Crippen LogP contribution in [0.15, 0.2) is 39.6 Å². The first kappa shape index (κ1) is 14.2. The third-order valence-electron chi connectivity index (χ3n) is 3.44. The second-order valence-electron chi connectivity index (χ2n) is 5.29. The van der Waals surface area contributed by atoms with Crippen molar-refractivity contribution in [3.63, 3.8) is 0 Å². The Morgan fingerprint density at radius 3 is 2.68 bits per heavy atom. The first-order valence-corrected chi connectivity index (χ1v) is 6.98. The van der Waals surface area contributed by atoms with Gasteiger partial charge in [-0.15, -0.1) is 0 Å².